The van der Waals surface area contributed by atoms with E-state index >= 15 is 0 Å². The summed E-state index contributed by atoms with van der Waals surface area (Å²) in [6.07, 6.45) is 1.53. The number of halogens is 4. The summed E-state index contributed by atoms with van der Waals surface area (Å²) in [7, 11) is 1.57. The predicted molar refractivity (Wildman–Crippen MR) is 148 cm³/mol. The average molecular weight is 719 g/mol. The standard InChI is InChI=1S/C24H16Br2ClIN2O4/c1-32-20-7-14(6-19(28)23(20)33-12-13-2-4-17(27)5-3-13)11-29-30-24(31)21-9-15-8-16(25)10-18(26)22(15)34-21/h2-11H,12H2,1H3,(H,30,31)/b29-11+. The SMILES string of the molecule is COc1cc(/C=N/NC(=O)c2cc3cc(Br)cc(Br)c3o2)cc(I)c1OCc1ccc(Cl)cc1. The van der Waals surface area contributed by atoms with Crippen molar-refractivity contribution in [3.05, 3.63) is 89.0 Å². The van der Waals surface area contributed by atoms with Gasteiger partial charge in [-0.15, -0.1) is 0 Å². The van der Waals surface area contributed by atoms with Crippen molar-refractivity contribution in [2.24, 2.45) is 5.10 Å². The second-order valence-corrected chi connectivity index (χ2v) is 10.4. The Kier molecular flexibility index (Phi) is 8.18. The Balaban J connectivity index is 1.45. The second-order valence-electron chi connectivity index (χ2n) is 7.06. The maximum Gasteiger partial charge on any atom is 0.307 e. The first kappa shape index (κ1) is 25.0. The van der Waals surface area contributed by atoms with Crippen LogP contribution >= 0.6 is 66.1 Å². The summed E-state index contributed by atoms with van der Waals surface area (Å²) in [5, 5.41) is 5.53. The normalized spacial score (nSPS) is 11.2. The molecule has 174 valence electrons. The summed E-state index contributed by atoms with van der Waals surface area (Å²) in [5.41, 5.74) is 4.80. The lowest BCUT2D eigenvalue weighted by molar-refractivity contribution is 0.0929. The molecule has 6 nitrogen and oxygen atoms in total. The molecule has 1 amide bonds. The maximum atomic E-state index is 12.5. The van der Waals surface area contributed by atoms with Gasteiger partial charge in [0, 0.05) is 14.9 Å². The van der Waals surface area contributed by atoms with E-state index in [1.165, 1.54) is 6.21 Å². The van der Waals surface area contributed by atoms with E-state index in [-0.39, 0.29) is 5.76 Å². The van der Waals surface area contributed by atoms with Crippen molar-refractivity contribution in [2.45, 2.75) is 6.61 Å². The lowest BCUT2D eigenvalue weighted by Gasteiger charge is -2.13. The highest BCUT2D eigenvalue weighted by atomic mass is 127. The number of carbonyl (C=O) groups excluding carboxylic acids is 1. The quantitative estimate of drug-likeness (QED) is 0.122. The Labute approximate surface area is 231 Å². The van der Waals surface area contributed by atoms with Crippen LogP contribution in [0.3, 0.4) is 0 Å². The molecule has 3 aromatic carbocycles. The zero-order valence-electron chi connectivity index (χ0n) is 17.6. The van der Waals surface area contributed by atoms with E-state index in [0.29, 0.717) is 28.7 Å². The monoisotopic (exact) mass is 716 g/mol. The fourth-order valence-corrected chi connectivity index (χ4v) is 5.35. The molecule has 0 spiro atoms. The van der Waals surface area contributed by atoms with Crippen LogP contribution in [0.15, 0.2) is 73.1 Å². The molecule has 0 radical (unpaired) electrons. The summed E-state index contributed by atoms with van der Waals surface area (Å²) < 4.78 is 19.6. The van der Waals surface area contributed by atoms with E-state index in [0.717, 1.165) is 29.0 Å². The molecule has 0 aliphatic carbocycles. The molecule has 1 aromatic heterocycles. The van der Waals surface area contributed by atoms with E-state index in [2.05, 4.69) is 65.0 Å². The van der Waals surface area contributed by atoms with Crippen LogP contribution in [0.2, 0.25) is 5.02 Å². The van der Waals surface area contributed by atoms with Gasteiger partial charge in [0.1, 0.15) is 12.2 Å². The predicted octanol–water partition coefficient (Wildman–Crippen LogP) is 7.57. The zero-order valence-corrected chi connectivity index (χ0v) is 23.7. The first-order chi connectivity index (χ1) is 16.3. The smallest absolute Gasteiger partial charge is 0.307 e. The van der Waals surface area contributed by atoms with Crippen LogP contribution in [0.4, 0.5) is 0 Å². The molecule has 1 N–H and O–H groups in total. The highest BCUT2D eigenvalue weighted by Crippen LogP contribution is 2.34. The van der Waals surface area contributed by atoms with Crippen LogP contribution in [0.25, 0.3) is 11.0 Å². The van der Waals surface area contributed by atoms with Crippen molar-refractivity contribution in [1.82, 2.24) is 5.43 Å². The molecule has 0 atom stereocenters. The molecule has 0 saturated carbocycles. The van der Waals surface area contributed by atoms with Gasteiger partial charge in [-0.3, -0.25) is 4.79 Å². The van der Waals surface area contributed by atoms with Gasteiger partial charge in [-0.05, 0) is 92.1 Å². The van der Waals surface area contributed by atoms with Crippen molar-refractivity contribution < 1.29 is 18.7 Å². The van der Waals surface area contributed by atoms with Gasteiger partial charge in [0.25, 0.3) is 0 Å². The summed E-state index contributed by atoms with van der Waals surface area (Å²) >= 11 is 15.0. The molecule has 0 aliphatic rings. The van der Waals surface area contributed by atoms with Gasteiger partial charge < -0.3 is 13.9 Å². The molecule has 34 heavy (non-hydrogen) atoms. The molecule has 1 heterocycles. The van der Waals surface area contributed by atoms with Crippen molar-refractivity contribution in [2.75, 3.05) is 7.11 Å². The van der Waals surface area contributed by atoms with Crippen LogP contribution in [0.1, 0.15) is 21.7 Å². The van der Waals surface area contributed by atoms with Crippen LogP contribution in [0, 0.1) is 3.57 Å². The number of rotatable bonds is 7. The number of hydrogen-bond donors (Lipinski definition) is 1. The Bertz CT molecular complexity index is 1390. The second kappa shape index (κ2) is 11.1. The minimum atomic E-state index is -0.458. The Hall–Kier alpha value is -2.08. The van der Waals surface area contributed by atoms with Gasteiger partial charge in [0.05, 0.1) is 21.4 Å². The number of methoxy groups -OCH3 is 1. The molecular formula is C24H16Br2ClIN2O4. The number of amides is 1. The van der Waals surface area contributed by atoms with E-state index in [9.17, 15) is 4.79 Å². The molecule has 0 unspecified atom stereocenters. The van der Waals surface area contributed by atoms with Crippen LogP contribution in [0.5, 0.6) is 11.5 Å². The van der Waals surface area contributed by atoms with Crippen molar-refractivity contribution >= 4 is 89.1 Å². The van der Waals surface area contributed by atoms with Crippen LogP contribution < -0.4 is 14.9 Å². The third-order valence-corrected chi connectivity index (χ3v) is 6.79. The number of nitrogens with zero attached hydrogens (tertiary/aromatic N) is 1. The van der Waals surface area contributed by atoms with E-state index in [4.69, 9.17) is 25.5 Å². The molecule has 0 saturated heterocycles. The van der Waals surface area contributed by atoms with Gasteiger partial charge in [-0.1, -0.05) is 39.7 Å². The number of carbonyl (C=O) groups is 1. The number of nitrogens with one attached hydrogen (secondary N) is 1. The first-order valence-electron chi connectivity index (χ1n) is 9.81. The van der Waals surface area contributed by atoms with Crippen LogP contribution in [-0.4, -0.2) is 19.2 Å². The minimum Gasteiger partial charge on any atom is -0.493 e. The van der Waals surface area contributed by atoms with Crippen molar-refractivity contribution in [1.29, 1.82) is 0 Å². The fraction of sp³-hybridized carbons (Fsp3) is 0.0833. The number of furan rings is 1. The molecular weight excluding hydrogens is 702 g/mol. The summed E-state index contributed by atoms with van der Waals surface area (Å²) in [4.78, 5) is 12.5. The van der Waals surface area contributed by atoms with E-state index in [1.54, 1.807) is 19.2 Å². The fourth-order valence-electron chi connectivity index (χ4n) is 3.10. The third-order valence-electron chi connectivity index (χ3n) is 4.69. The van der Waals surface area contributed by atoms with Crippen molar-refractivity contribution in [3.63, 3.8) is 0 Å². The van der Waals surface area contributed by atoms with Crippen molar-refractivity contribution in [3.8, 4) is 11.5 Å². The van der Waals surface area contributed by atoms with Gasteiger partial charge in [-0.25, -0.2) is 5.43 Å². The highest BCUT2D eigenvalue weighted by Gasteiger charge is 2.15. The number of fused-ring (bicyclic) bond motifs is 1. The van der Waals surface area contributed by atoms with Gasteiger partial charge in [0.2, 0.25) is 0 Å². The Morgan fingerprint density at radius 1 is 1.18 bits per heavy atom. The summed E-state index contributed by atoms with van der Waals surface area (Å²) in [5.74, 6) is 0.878. The van der Waals surface area contributed by atoms with Gasteiger partial charge in [0.15, 0.2) is 17.3 Å². The highest BCUT2D eigenvalue weighted by molar-refractivity contribution is 14.1. The average Bonchev–Trinajstić information content (AvgIpc) is 3.23. The Morgan fingerprint density at radius 3 is 2.68 bits per heavy atom. The zero-order chi connectivity index (χ0) is 24.2. The molecule has 0 aliphatic heterocycles. The van der Waals surface area contributed by atoms with Gasteiger partial charge in [-0.2, -0.15) is 5.10 Å². The largest absolute Gasteiger partial charge is 0.493 e. The molecule has 4 aromatic rings. The van der Waals surface area contributed by atoms with Crippen LogP contribution in [-0.2, 0) is 6.61 Å². The summed E-state index contributed by atoms with van der Waals surface area (Å²) in [6.45, 7) is 0.372. The van der Waals surface area contributed by atoms with E-state index < -0.39 is 5.91 Å². The Morgan fingerprint density at radius 2 is 1.94 bits per heavy atom. The third kappa shape index (κ3) is 5.94. The molecule has 0 fully saturated rings. The summed E-state index contributed by atoms with van der Waals surface area (Å²) in [6, 6.07) is 16.5. The number of hydrazone groups is 1. The minimum absolute atomic E-state index is 0.157. The lowest BCUT2D eigenvalue weighted by atomic mass is 10.2. The molecule has 4 rings (SSSR count). The maximum absolute atomic E-state index is 12.5. The first-order valence-corrected chi connectivity index (χ1v) is 12.8. The number of benzene rings is 3. The lowest BCUT2D eigenvalue weighted by Crippen LogP contribution is -2.16. The molecule has 10 heteroatoms. The number of hydrogen-bond acceptors (Lipinski definition) is 5. The topological polar surface area (TPSA) is 73.1 Å². The van der Waals surface area contributed by atoms with E-state index in [1.807, 2.05) is 42.5 Å². The number of ether oxygens (including phenoxy) is 2. The van der Waals surface area contributed by atoms with Gasteiger partial charge >= 0.3 is 5.91 Å². The molecule has 0 bridgehead atoms.